The van der Waals surface area contributed by atoms with Crippen LogP contribution in [0.1, 0.15) is 18.4 Å². The molecule has 1 fully saturated rings. The van der Waals surface area contributed by atoms with Gasteiger partial charge in [0.1, 0.15) is 17.4 Å². The molecule has 0 spiro atoms. The minimum Gasteiger partial charge on any atom is -0.490 e. The molecule has 29 heavy (non-hydrogen) atoms. The predicted octanol–water partition coefficient (Wildman–Crippen LogP) is 2.68. The molecule has 0 saturated carbocycles. The summed E-state index contributed by atoms with van der Waals surface area (Å²) in [7, 11) is 1.70. The van der Waals surface area contributed by atoms with Gasteiger partial charge in [-0.25, -0.2) is 0 Å². The van der Waals surface area contributed by atoms with E-state index in [0.717, 1.165) is 53.7 Å². The summed E-state index contributed by atoms with van der Waals surface area (Å²) in [6.07, 6.45) is 2.21. The topological polar surface area (TPSA) is 98.0 Å². The van der Waals surface area contributed by atoms with Gasteiger partial charge in [0.25, 0.3) is 0 Å². The van der Waals surface area contributed by atoms with E-state index in [1.807, 2.05) is 42.5 Å². The van der Waals surface area contributed by atoms with Gasteiger partial charge in [0.15, 0.2) is 11.6 Å². The smallest absolute Gasteiger partial charge is 0.323 e. The maximum absolute atomic E-state index is 10.4. The van der Waals surface area contributed by atoms with Gasteiger partial charge in [0.2, 0.25) is 0 Å². The number of amidine groups is 1. The van der Waals surface area contributed by atoms with Gasteiger partial charge in [-0.15, -0.1) is 0 Å². The molecule has 0 unspecified atom stereocenters. The number of fused-ring (bicyclic) bond motifs is 1. The molecule has 1 saturated heterocycles. The average molecular weight is 394 g/mol. The lowest BCUT2D eigenvalue weighted by Gasteiger charge is -2.23. The third kappa shape index (κ3) is 4.22. The highest BCUT2D eigenvalue weighted by Gasteiger charge is 2.17. The molecule has 1 aliphatic rings. The fourth-order valence-corrected chi connectivity index (χ4v) is 3.43. The van der Waals surface area contributed by atoms with Gasteiger partial charge in [-0.2, -0.15) is 0 Å². The molecular formula is C21H22N4O4. The van der Waals surface area contributed by atoms with Gasteiger partial charge in [0, 0.05) is 18.2 Å². The van der Waals surface area contributed by atoms with Gasteiger partial charge >= 0.3 is 6.47 Å². The van der Waals surface area contributed by atoms with Gasteiger partial charge in [-0.05, 0) is 56.3 Å². The predicted molar refractivity (Wildman–Crippen MR) is 109 cm³/mol. The molecular weight excluding hydrogens is 372 g/mol. The summed E-state index contributed by atoms with van der Waals surface area (Å²) in [5, 5.41) is 15.0. The highest BCUT2D eigenvalue weighted by Crippen LogP contribution is 2.32. The highest BCUT2D eigenvalue weighted by atomic mass is 16.7. The van der Waals surface area contributed by atoms with Crippen molar-refractivity contribution in [3.8, 4) is 17.1 Å². The zero-order valence-corrected chi connectivity index (χ0v) is 16.1. The van der Waals surface area contributed by atoms with Crippen molar-refractivity contribution in [1.29, 1.82) is 0 Å². The Morgan fingerprint density at radius 1 is 1.28 bits per heavy atom. The lowest BCUT2D eigenvalue weighted by Crippen LogP contribution is -2.34. The van der Waals surface area contributed by atoms with Crippen molar-refractivity contribution in [2.24, 2.45) is 5.16 Å². The normalized spacial score (nSPS) is 15.3. The molecule has 4 rings (SSSR count). The number of carbonyl (C=O) groups is 1. The monoisotopic (exact) mass is 394 g/mol. The van der Waals surface area contributed by atoms with Crippen molar-refractivity contribution in [2.45, 2.75) is 18.9 Å². The van der Waals surface area contributed by atoms with E-state index in [1.165, 1.54) is 0 Å². The number of oxime groups is 1. The number of ether oxygens (including phenoxy) is 1. The van der Waals surface area contributed by atoms with E-state index in [4.69, 9.17) is 9.26 Å². The van der Waals surface area contributed by atoms with Gasteiger partial charge < -0.3 is 24.7 Å². The molecule has 1 aliphatic heterocycles. The standard InChI is InChI=1S/C21H22N4O4/c1-22-21(25-27-13-26)15-5-6-19-18(12-15)20(29-24-19)14-3-2-4-17(11-14)28-16-7-9-23-10-8-16/h2-6,11-13,16,23H,7-10H2,1H3,(H,22,25). The molecule has 8 heteroatoms. The quantitative estimate of drug-likeness (QED) is 0.218. The van der Waals surface area contributed by atoms with E-state index in [2.05, 4.69) is 25.8 Å². The first-order valence-corrected chi connectivity index (χ1v) is 9.51. The van der Waals surface area contributed by atoms with Crippen LogP contribution in [0.25, 0.3) is 22.2 Å². The van der Waals surface area contributed by atoms with Gasteiger partial charge in [-0.1, -0.05) is 22.4 Å². The van der Waals surface area contributed by atoms with Crippen molar-refractivity contribution in [2.75, 3.05) is 20.1 Å². The summed E-state index contributed by atoms with van der Waals surface area (Å²) in [6, 6.07) is 13.4. The Kier molecular flexibility index (Phi) is 5.71. The van der Waals surface area contributed by atoms with Crippen LogP contribution < -0.4 is 15.4 Å². The zero-order valence-electron chi connectivity index (χ0n) is 16.1. The van der Waals surface area contributed by atoms with Crippen LogP contribution in [-0.4, -0.2) is 43.7 Å². The van der Waals surface area contributed by atoms with Crippen LogP contribution in [0.3, 0.4) is 0 Å². The number of hydrogen-bond donors (Lipinski definition) is 2. The van der Waals surface area contributed by atoms with Crippen LogP contribution in [0.4, 0.5) is 0 Å². The Labute approximate surface area is 167 Å². The van der Waals surface area contributed by atoms with E-state index in [0.29, 0.717) is 11.6 Å². The van der Waals surface area contributed by atoms with E-state index < -0.39 is 0 Å². The van der Waals surface area contributed by atoms with Crippen LogP contribution in [-0.2, 0) is 9.63 Å². The molecule has 2 heterocycles. The van der Waals surface area contributed by atoms with Crippen LogP contribution in [0.5, 0.6) is 5.75 Å². The van der Waals surface area contributed by atoms with E-state index >= 15 is 0 Å². The summed E-state index contributed by atoms with van der Waals surface area (Å²) in [5.41, 5.74) is 2.34. The van der Waals surface area contributed by atoms with Crippen LogP contribution in [0, 0.1) is 0 Å². The first kappa shape index (κ1) is 18.9. The largest absolute Gasteiger partial charge is 0.490 e. The number of carbonyl (C=O) groups excluding carboxylic acids is 1. The number of piperidine rings is 1. The Morgan fingerprint density at radius 2 is 2.14 bits per heavy atom. The van der Waals surface area contributed by atoms with Crippen LogP contribution >= 0.6 is 0 Å². The fraction of sp³-hybridized carbons (Fsp3) is 0.286. The van der Waals surface area contributed by atoms with Gasteiger partial charge in [0.05, 0.1) is 5.39 Å². The Bertz CT molecular complexity index is 1020. The Morgan fingerprint density at radius 3 is 2.93 bits per heavy atom. The highest BCUT2D eigenvalue weighted by molar-refractivity contribution is 6.03. The summed E-state index contributed by atoms with van der Waals surface area (Å²) in [4.78, 5) is 15.0. The maximum Gasteiger partial charge on any atom is 0.323 e. The minimum absolute atomic E-state index is 0.219. The average Bonchev–Trinajstić information content (AvgIpc) is 3.19. The summed E-state index contributed by atoms with van der Waals surface area (Å²) < 4.78 is 11.8. The van der Waals surface area contributed by atoms with Crippen molar-refractivity contribution in [1.82, 2.24) is 15.8 Å². The molecule has 0 bridgehead atoms. The second kappa shape index (κ2) is 8.74. The Balaban J connectivity index is 1.66. The third-order valence-corrected chi connectivity index (χ3v) is 4.86. The number of aromatic nitrogens is 1. The van der Waals surface area contributed by atoms with Crippen LogP contribution in [0.15, 0.2) is 52.1 Å². The summed E-state index contributed by atoms with van der Waals surface area (Å²) in [6.45, 7) is 2.22. The first-order chi connectivity index (χ1) is 14.3. The number of nitrogens with zero attached hydrogens (tertiary/aromatic N) is 2. The molecule has 0 amide bonds. The van der Waals surface area contributed by atoms with Crippen molar-refractivity contribution in [3.05, 3.63) is 48.0 Å². The number of rotatable bonds is 6. The molecule has 150 valence electrons. The van der Waals surface area contributed by atoms with Crippen molar-refractivity contribution < 1.29 is 18.9 Å². The molecule has 2 aromatic carbocycles. The molecule has 1 aromatic heterocycles. The molecule has 8 nitrogen and oxygen atoms in total. The SMILES string of the molecule is CN/C(=N\OC=O)c1ccc2noc(-c3cccc(OC4CCNCC4)c3)c2c1. The lowest BCUT2D eigenvalue weighted by atomic mass is 10.1. The summed E-state index contributed by atoms with van der Waals surface area (Å²) >= 11 is 0. The summed E-state index contributed by atoms with van der Waals surface area (Å²) in [5.74, 6) is 1.88. The second-order valence-corrected chi connectivity index (χ2v) is 6.73. The lowest BCUT2D eigenvalue weighted by molar-refractivity contribution is -0.128. The molecule has 0 aliphatic carbocycles. The zero-order chi connectivity index (χ0) is 20.1. The van der Waals surface area contributed by atoms with Gasteiger partial charge in [-0.3, -0.25) is 4.79 Å². The molecule has 0 atom stereocenters. The number of benzene rings is 2. The van der Waals surface area contributed by atoms with Crippen molar-refractivity contribution in [3.63, 3.8) is 0 Å². The minimum atomic E-state index is 0.219. The number of hydrogen-bond acceptors (Lipinski definition) is 7. The second-order valence-electron chi connectivity index (χ2n) is 6.73. The molecule has 0 radical (unpaired) electrons. The molecule has 3 aromatic rings. The van der Waals surface area contributed by atoms with Crippen LogP contribution in [0.2, 0.25) is 0 Å². The number of nitrogens with one attached hydrogen (secondary N) is 2. The Hall–Kier alpha value is -3.39. The fourth-order valence-electron chi connectivity index (χ4n) is 3.43. The van der Waals surface area contributed by atoms with E-state index in [9.17, 15) is 4.79 Å². The maximum atomic E-state index is 10.4. The molecule has 2 N–H and O–H groups in total. The first-order valence-electron chi connectivity index (χ1n) is 9.51. The van der Waals surface area contributed by atoms with E-state index in [1.54, 1.807) is 7.05 Å². The van der Waals surface area contributed by atoms with E-state index in [-0.39, 0.29) is 12.6 Å². The third-order valence-electron chi connectivity index (χ3n) is 4.86. The van der Waals surface area contributed by atoms with Crippen molar-refractivity contribution >= 4 is 23.2 Å².